The Labute approximate surface area is 97.5 Å². The molecule has 1 fully saturated rings. The van der Waals surface area contributed by atoms with Gasteiger partial charge in [-0.2, -0.15) is 0 Å². The molecule has 0 atom stereocenters. The van der Waals surface area contributed by atoms with Crippen LogP contribution in [0, 0.1) is 0 Å². The number of rotatable bonds is 3. The van der Waals surface area contributed by atoms with Gasteiger partial charge >= 0.3 is 0 Å². The van der Waals surface area contributed by atoms with Crippen LogP contribution in [0.15, 0.2) is 0 Å². The van der Waals surface area contributed by atoms with E-state index >= 15 is 0 Å². The molecule has 1 saturated heterocycles. The first-order valence-electron chi connectivity index (χ1n) is 5.14. The zero-order valence-electron chi connectivity index (χ0n) is 8.42. The zero-order valence-corrected chi connectivity index (χ0v) is 10.8. The Morgan fingerprint density at radius 3 is 2.64 bits per heavy atom. The van der Waals surface area contributed by atoms with Crippen LogP contribution in [0.3, 0.4) is 0 Å². The largest absolute Gasteiger partial charge is 0.348 e. The fourth-order valence-electron chi connectivity index (χ4n) is 1.79. The predicted octanol–water partition coefficient (Wildman–Crippen LogP) is 3.20. The summed E-state index contributed by atoms with van der Waals surface area (Å²) in [4.78, 5) is 8.51. The molecule has 0 aromatic carbocycles. The van der Waals surface area contributed by atoms with Gasteiger partial charge in [-0.25, -0.2) is 4.98 Å². The van der Waals surface area contributed by atoms with Crippen molar-refractivity contribution in [3.63, 3.8) is 0 Å². The SMILES string of the molecule is CCc1nc(N2CCCC2)sc1CBr. The topological polar surface area (TPSA) is 16.1 Å². The molecule has 0 amide bonds. The molecule has 1 aliphatic rings. The van der Waals surface area contributed by atoms with Crippen LogP contribution >= 0.6 is 27.3 Å². The fraction of sp³-hybridized carbons (Fsp3) is 0.700. The second kappa shape index (κ2) is 4.62. The van der Waals surface area contributed by atoms with Gasteiger partial charge in [0.05, 0.1) is 5.69 Å². The first kappa shape index (κ1) is 10.4. The quantitative estimate of drug-likeness (QED) is 0.787. The molecule has 0 aliphatic carbocycles. The summed E-state index contributed by atoms with van der Waals surface area (Å²) >= 11 is 5.37. The third-order valence-corrected chi connectivity index (χ3v) is 4.69. The lowest BCUT2D eigenvalue weighted by atomic mass is 10.3. The van der Waals surface area contributed by atoms with Gasteiger partial charge in [0.1, 0.15) is 0 Å². The Balaban J connectivity index is 2.21. The van der Waals surface area contributed by atoms with Gasteiger partial charge in [-0.05, 0) is 19.3 Å². The molecule has 14 heavy (non-hydrogen) atoms. The van der Waals surface area contributed by atoms with Crippen LogP contribution in [-0.2, 0) is 11.8 Å². The highest BCUT2D eigenvalue weighted by atomic mass is 79.9. The lowest BCUT2D eigenvalue weighted by Crippen LogP contribution is -2.17. The van der Waals surface area contributed by atoms with Crippen LogP contribution in [0.1, 0.15) is 30.3 Å². The van der Waals surface area contributed by atoms with Crippen molar-refractivity contribution in [1.29, 1.82) is 0 Å². The van der Waals surface area contributed by atoms with Crippen molar-refractivity contribution in [3.05, 3.63) is 10.6 Å². The van der Waals surface area contributed by atoms with E-state index in [2.05, 4.69) is 27.8 Å². The van der Waals surface area contributed by atoms with Gasteiger partial charge in [-0.1, -0.05) is 22.9 Å². The summed E-state index contributed by atoms with van der Waals surface area (Å²) in [6, 6.07) is 0. The van der Waals surface area contributed by atoms with E-state index in [1.807, 2.05) is 11.3 Å². The van der Waals surface area contributed by atoms with Gasteiger partial charge in [-0.15, -0.1) is 11.3 Å². The lowest BCUT2D eigenvalue weighted by molar-refractivity contribution is 0.938. The average molecular weight is 275 g/mol. The molecular formula is C10H15BrN2S. The van der Waals surface area contributed by atoms with Crippen molar-refractivity contribution >= 4 is 32.4 Å². The van der Waals surface area contributed by atoms with E-state index in [4.69, 9.17) is 4.98 Å². The van der Waals surface area contributed by atoms with Gasteiger partial charge in [-0.3, -0.25) is 0 Å². The molecule has 1 aromatic heterocycles. The Bertz CT molecular complexity index is 284. The lowest BCUT2D eigenvalue weighted by Gasteiger charge is -2.12. The van der Waals surface area contributed by atoms with Crippen molar-refractivity contribution in [3.8, 4) is 0 Å². The summed E-state index contributed by atoms with van der Waals surface area (Å²) in [5.41, 5.74) is 1.27. The van der Waals surface area contributed by atoms with Crippen LogP contribution in [0.4, 0.5) is 5.13 Å². The average Bonchev–Trinajstić information content (AvgIpc) is 2.85. The van der Waals surface area contributed by atoms with Gasteiger partial charge < -0.3 is 4.90 Å². The van der Waals surface area contributed by atoms with E-state index in [0.29, 0.717) is 0 Å². The minimum Gasteiger partial charge on any atom is -0.348 e. The van der Waals surface area contributed by atoms with Crippen LogP contribution in [0.2, 0.25) is 0 Å². The summed E-state index contributed by atoms with van der Waals surface area (Å²) in [6.45, 7) is 4.56. The number of alkyl halides is 1. The molecule has 78 valence electrons. The molecule has 0 saturated carbocycles. The number of nitrogens with zero attached hydrogens (tertiary/aromatic N) is 2. The van der Waals surface area contributed by atoms with Crippen molar-refractivity contribution in [2.75, 3.05) is 18.0 Å². The van der Waals surface area contributed by atoms with Gasteiger partial charge in [0, 0.05) is 23.3 Å². The van der Waals surface area contributed by atoms with Gasteiger partial charge in [0.25, 0.3) is 0 Å². The Hall–Kier alpha value is -0.0900. The molecule has 1 aliphatic heterocycles. The predicted molar refractivity (Wildman–Crippen MR) is 65.6 cm³/mol. The highest BCUT2D eigenvalue weighted by Crippen LogP contribution is 2.30. The number of hydrogen-bond donors (Lipinski definition) is 0. The maximum absolute atomic E-state index is 4.70. The molecule has 2 heterocycles. The highest BCUT2D eigenvalue weighted by molar-refractivity contribution is 9.08. The molecule has 2 rings (SSSR count). The van der Waals surface area contributed by atoms with Gasteiger partial charge in [0.15, 0.2) is 5.13 Å². The van der Waals surface area contributed by atoms with Crippen molar-refractivity contribution in [2.24, 2.45) is 0 Å². The number of anilines is 1. The molecule has 1 aromatic rings. The van der Waals surface area contributed by atoms with E-state index in [1.165, 1.54) is 41.6 Å². The minimum atomic E-state index is 0.946. The van der Waals surface area contributed by atoms with Crippen LogP contribution < -0.4 is 4.90 Å². The number of halogens is 1. The van der Waals surface area contributed by atoms with Crippen molar-refractivity contribution in [2.45, 2.75) is 31.5 Å². The van der Waals surface area contributed by atoms with Gasteiger partial charge in [0.2, 0.25) is 0 Å². The smallest absolute Gasteiger partial charge is 0.185 e. The normalized spacial score (nSPS) is 16.6. The monoisotopic (exact) mass is 274 g/mol. The number of aromatic nitrogens is 1. The molecule has 0 unspecified atom stereocenters. The maximum Gasteiger partial charge on any atom is 0.185 e. The van der Waals surface area contributed by atoms with Crippen molar-refractivity contribution in [1.82, 2.24) is 4.98 Å². The van der Waals surface area contributed by atoms with Crippen molar-refractivity contribution < 1.29 is 0 Å². The summed E-state index contributed by atoms with van der Waals surface area (Å²) in [7, 11) is 0. The first-order chi connectivity index (χ1) is 6.85. The van der Waals surface area contributed by atoms with E-state index in [1.54, 1.807) is 0 Å². The van der Waals surface area contributed by atoms with E-state index in [0.717, 1.165) is 11.8 Å². The summed E-state index contributed by atoms with van der Waals surface area (Å²) in [5.74, 6) is 0. The highest BCUT2D eigenvalue weighted by Gasteiger charge is 2.17. The maximum atomic E-state index is 4.70. The molecule has 0 bridgehead atoms. The van der Waals surface area contributed by atoms with Crippen LogP contribution in [0.25, 0.3) is 0 Å². The second-order valence-corrected chi connectivity index (χ2v) is 5.17. The Morgan fingerprint density at radius 2 is 2.14 bits per heavy atom. The van der Waals surface area contributed by atoms with E-state index < -0.39 is 0 Å². The molecule has 4 heteroatoms. The van der Waals surface area contributed by atoms with Crippen LogP contribution in [-0.4, -0.2) is 18.1 Å². The summed E-state index contributed by atoms with van der Waals surface area (Å²) < 4.78 is 0. The number of thiazole rings is 1. The molecular weight excluding hydrogens is 260 g/mol. The zero-order chi connectivity index (χ0) is 9.97. The first-order valence-corrected chi connectivity index (χ1v) is 7.08. The number of aryl methyl sites for hydroxylation is 1. The number of hydrogen-bond acceptors (Lipinski definition) is 3. The molecule has 2 nitrogen and oxygen atoms in total. The molecule has 0 spiro atoms. The van der Waals surface area contributed by atoms with Crippen LogP contribution in [0.5, 0.6) is 0 Å². The Morgan fingerprint density at radius 1 is 1.43 bits per heavy atom. The summed E-state index contributed by atoms with van der Waals surface area (Å²) in [6.07, 6.45) is 3.70. The minimum absolute atomic E-state index is 0.946. The second-order valence-electron chi connectivity index (χ2n) is 3.55. The standard InChI is InChI=1S/C10H15BrN2S/c1-2-8-9(7-11)14-10(12-8)13-5-3-4-6-13/h2-7H2,1H3. The third-order valence-electron chi connectivity index (χ3n) is 2.60. The molecule has 0 N–H and O–H groups in total. The van der Waals surface area contributed by atoms with E-state index in [9.17, 15) is 0 Å². The molecule has 0 radical (unpaired) electrons. The Kier molecular flexibility index (Phi) is 3.44. The van der Waals surface area contributed by atoms with E-state index in [-0.39, 0.29) is 0 Å². The third kappa shape index (κ3) is 1.96. The fourth-order valence-corrected chi connectivity index (χ4v) is 3.51. The summed E-state index contributed by atoms with van der Waals surface area (Å²) in [5, 5.41) is 2.18.